The van der Waals surface area contributed by atoms with Gasteiger partial charge in [0.2, 0.25) is 0 Å². The number of amides is 1. The van der Waals surface area contributed by atoms with E-state index in [2.05, 4.69) is 12.2 Å². The average Bonchev–Trinajstić information content (AvgIpc) is 2.68. The van der Waals surface area contributed by atoms with Crippen LogP contribution in [0.4, 0.5) is 0 Å². The number of hydrogen-bond acceptors (Lipinski definition) is 5. The minimum atomic E-state index is -0.836. The zero-order valence-electron chi connectivity index (χ0n) is 18.1. The molecule has 2 rings (SSSR count). The van der Waals surface area contributed by atoms with E-state index in [-0.39, 0.29) is 18.1 Å². The number of rotatable bonds is 8. The van der Waals surface area contributed by atoms with Gasteiger partial charge in [0.05, 0.1) is 13.2 Å². The molecule has 1 N–H and O–H groups in total. The Hall–Kier alpha value is -2.50. The molecule has 1 aromatic carbocycles. The van der Waals surface area contributed by atoms with Gasteiger partial charge in [-0.15, -0.1) is 0 Å². The molecule has 6 heteroatoms. The minimum Gasteiger partial charge on any atom is -0.493 e. The molecule has 0 unspecified atom stereocenters. The number of nitrogens with one attached hydrogen (secondary N) is 1. The SMILES string of the molecule is COc1cc(/C=C/C(=O)O[C@H](C)C(=O)N[C@H]2CCCC[C@@H]2C)ccc1OC(C)C. The molecule has 0 radical (unpaired) electrons. The second-order valence-corrected chi connectivity index (χ2v) is 7.87. The summed E-state index contributed by atoms with van der Waals surface area (Å²) in [6, 6.07) is 5.56. The van der Waals surface area contributed by atoms with Crippen LogP contribution in [0.15, 0.2) is 24.3 Å². The van der Waals surface area contributed by atoms with Gasteiger partial charge < -0.3 is 19.5 Å². The number of ether oxygens (including phenoxy) is 3. The summed E-state index contributed by atoms with van der Waals surface area (Å²) in [5.74, 6) is 0.870. The maximum absolute atomic E-state index is 12.3. The fourth-order valence-corrected chi connectivity index (χ4v) is 3.40. The smallest absolute Gasteiger partial charge is 0.331 e. The van der Waals surface area contributed by atoms with Crippen molar-refractivity contribution in [3.05, 3.63) is 29.8 Å². The number of carbonyl (C=O) groups is 2. The zero-order chi connectivity index (χ0) is 21.4. The van der Waals surface area contributed by atoms with Crippen LogP contribution in [0.5, 0.6) is 11.5 Å². The molecule has 1 amide bonds. The molecule has 0 bridgehead atoms. The molecule has 160 valence electrons. The Balaban J connectivity index is 1.90. The average molecular weight is 404 g/mol. The van der Waals surface area contributed by atoms with Crippen molar-refractivity contribution in [1.29, 1.82) is 0 Å². The first-order chi connectivity index (χ1) is 13.8. The summed E-state index contributed by atoms with van der Waals surface area (Å²) in [6.07, 6.45) is 6.55. The second kappa shape index (κ2) is 10.9. The topological polar surface area (TPSA) is 73.9 Å². The van der Waals surface area contributed by atoms with Gasteiger partial charge >= 0.3 is 5.97 Å². The molecule has 1 aliphatic carbocycles. The van der Waals surface area contributed by atoms with Gasteiger partial charge in [0.1, 0.15) is 0 Å². The molecule has 0 spiro atoms. The highest BCUT2D eigenvalue weighted by Crippen LogP contribution is 2.29. The molecule has 1 aromatic rings. The van der Waals surface area contributed by atoms with Crippen LogP contribution >= 0.6 is 0 Å². The van der Waals surface area contributed by atoms with E-state index in [4.69, 9.17) is 14.2 Å². The molecule has 29 heavy (non-hydrogen) atoms. The summed E-state index contributed by atoms with van der Waals surface area (Å²) in [5, 5.41) is 3.01. The van der Waals surface area contributed by atoms with Gasteiger partial charge in [0.15, 0.2) is 17.6 Å². The van der Waals surface area contributed by atoms with E-state index >= 15 is 0 Å². The van der Waals surface area contributed by atoms with Gasteiger partial charge in [0, 0.05) is 12.1 Å². The molecule has 6 nitrogen and oxygen atoms in total. The minimum absolute atomic E-state index is 0.0319. The largest absolute Gasteiger partial charge is 0.493 e. The molecular weight excluding hydrogens is 370 g/mol. The van der Waals surface area contributed by atoms with Gasteiger partial charge in [-0.3, -0.25) is 4.79 Å². The lowest BCUT2D eigenvalue weighted by molar-refractivity contribution is -0.150. The van der Waals surface area contributed by atoms with Crippen LogP contribution in [0.25, 0.3) is 6.08 Å². The van der Waals surface area contributed by atoms with Crippen molar-refractivity contribution in [2.75, 3.05) is 7.11 Å². The first kappa shape index (κ1) is 22.8. The Kier molecular flexibility index (Phi) is 8.55. The van der Waals surface area contributed by atoms with Crippen LogP contribution in [0.2, 0.25) is 0 Å². The van der Waals surface area contributed by atoms with E-state index in [1.807, 2.05) is 19.9 Å². The quantitative estimate of drug-likeness (QED) is 0.522. The molecular formula is C23H33NO5. The summed E-state index contributed by atoms with van der Waals surface area (Å²) in [4.78, 5) is 24.4. The molecule has 1 saturated carbocycles. The Morgan fingerprint density at radius 1 is 1.14 bits per heavy atom. The van der Waals surface area contributed by atoms with Crippen LogP contribution in [0.3, 0.4) is 0 Å². The molecule has 0 heterocycles. The summed E-state index contributed by atoms with van der Waals surface area (Å²) < 4.78 is 16.3. The molecule has 0 saturated heterocycles. The Labute approximate surface area is 173 Å². The zero-order valence-corrected chi connectivity index (χ0v) is 18.1. The third kappa shape index (κ3) is 7.11. The standard InChI is InChI=1S/C23H33NO5/c1-15(2)28-20-12-10-18(14-21(20)27-5)11-13-22(25)29-17(4)23(26)24-19-9-7-6-8-16(19)3/h10-17,19H,6-9H2,1-5H3,(H,24,26)/b13-11+/t16-,17+,19-/m0/s1. The van der Waals surface area contributed by atoms with Crippen molar-refractivity contribution in [3.63, 3.8) is 0 Å². The van der Waals surface area contributed by atoms with E-state index in [9.17, 15) is 9.59 Å². The van der Waals surface area contributed by atoms with Crippen molar-refractivity contribution in [3.8, 4) is 11.5 Å². The number of carbonyl (C=O) groups excluding carboxylic acids is 2. The number of methoxy groups -OCH3 is 1. The number of benzene rings is 1. The van der Waals surface area contributed by atoms with Gasteiger partial charge in [-0.05, 0) is 63.3 Å². The third-order valence-electron chi connectivity index (χ3n) is 5.06. The summed E-state index contributed by atoms with van der Waals surface area (Å²) in [5.41, 5.74) is 0.767. The van der Waals surface area contributed by atoms with Crippen LogP contribution in [-0.4, -0.2) is 37.2 Å². The lowest BCUT2D eigenvalue weighted by Gasteiger charge is -2.30. The van der Waals surface area contributed by atoms with Crippen molar-refractivity contribution in [2.45, 2.75) is 71.6 Å². The lowest BCUT2D eigenvalue weighted by Crippen LogP contribution is -2.45. The van der Waals surface area contributed by atoms with Gasteiger partial charge in [0.25, 0.3) is 5.91 Å². The van der Waals surface area contributed by atoms with Crippen molar-refractivity contribution < 1.29 is 23.8 Å². The summed E-state index contributed by atoms with van der Waals surface area (Å²) >= 11 is 0. The molecule has 1 aliphatic rings. The fraction of sp³-hybridized carbons (Fsp3) is 0.565. The van der Waals surface area contributed by atoms with Crippen LogP contribution < -0.4 is 14.8 Å². The number of hydrogen-bond donors (Lipinski definition) is 1. The van der Waals surface area contributed by atoms with E-state index in [1.54, 1.807) is 32.2 Å². The molecule has 1 fully saturated rings. The Bertz CT molecular complexity index is 728. The maximum atomic E-state index is 12.3. The highest BCUT2D eigenvalue weighted by Gasteiger charge is 2.25. The monoisotopic (exact) mass is 403 g/mol. The molecule has 0 aliphatic heterocycles. The predicted molar refractivity (Wildman–Crippen MR) is 113 cm³/mol. The van der Waals surface area contributed by atoms with Gasteiger partial charge in [-0.1, -0.05) is 25.8 Å². The Morgan fingerprint density at radius 2 is 1.86 bits per heavy atom. The predicted octanol–water partition coefficient (Wildman–Crippen LogP) is 4.12. The summed E-state index contributed by atoms with van der Waals surface area (Å²) in [6.45, 7) is 7.62. The van der Waals surface area contributed by atoms with E-state index < -0.39 is 12.1 Å². The van der Waals surface area contributed by atoms with Crippen LogP contribution in [0, 0.1) is 5.92 Å². The normalized spacial score (nSPS) is 20.3. The fourth-order valence-electron chi connectivity index (χ4n) is 3.40. The van der Waals surface area contributed by atoms with Crippen molar-refractivity contribution in [1.82, 2.24) is 5.32 Å². The lowest BCUT2D eigenvalue weighted by atomic mass is 9.86. The number of esters is 1. The third-order valence-corrected chi connectivity index (χ3v) is 5.06. The van der Waals surface area contributed by atoms with E-state index in [0.29, 0.717) is 17.4 Å². The highest BCUT2D eigenvalue weighted by atomic mass is 16.5. The van der Waals surface area contributed by atoms with Crippen LogP contribution in [0.1, 0.15) is 58.9 Å². The Morgan fingerprint density at radius 3 is 2.52 bits per heavy atom. The van der Waals surface area contributed by atoms with Crippen molar-refractivity contribution in [2.24, 2.45) is 5.92 Å². The highest BCUT2D eigenvalue weighted by molar-refractivity contribution is 5.90. The summed E-state index contributed by atoms with van der Waals surface area (Å²) in [7, 11) is 1.57. The first-order valence-corrected chi connectivity index (χ1v) is 10.3. The van der Waals surface area contributed by atoms with Gasteiger partial charge in [-0.2, -0.15) is 0 Å². The van der Waals surface area contributed by atoms with E-state index in [0.717, 1.165) is 24.8 Å². The maximum Gasteiger partial charge on any atom is 0.331 e. The second-order valence-electron chi connectivity index (χ2n) is 7.87. The van der Waals surface area contributed by atoms with Crippen molar-refractivity contribution >= 4 is 18.0 Å². The van der Waals surface area contributed by atoms with Crippen LogP contribution in [-0.2, 0) is 14.3 Å². The molecule has 0 aromatic heterocycles. The van der Waals surface area contributed by atoms with E-state index in [1.165, 1.54) is 12.5 Å². The molecule has 3 atom stereocenters. The first-order valence-electron chi connectivity index (χ1n) is 10.3. The van der Waals surface area contributed by atoms with Gasteiger partial charge in [-0.25, -0.2) is 4.79 Å².